The van der Waals surface area contributed by atoms with Crippen LogP contribution in [0.1, 0.15) is 64.4 Å². The van der Waals surface area contributed by atoms with E-state index in [-0.39, 0.29) is 12.5 Å². The maximum absolute atomic E-state index is 13.2. The molecule has 1 aromatic rings. The molecule has 5 heteroatoms. The Morgan fingerprint density at radius 3 is 2.70 bits per heavy atom. The van der Waals surface area contributed by atoms with Crippen LogP contribution in [0, 0.1) is 0 Å². The minimum Gasteiger partial charge on any atom is -0.445 e. The lowest BCUT2D eigenvalue weighted by molar-refractivity contribution is -0.137. The van der Waals surface area contributed by atoms with E-state index in [4.69, 9.17) is 4.74 Å². The molecule has 2 aliphatic rings. The average molecular weight is 370 g/mol. The highest BCUT2D eigenvalue weighted by atomic mass is 16.5. The largest absolute Gasteiger partial charge is 0.445 e. The zero-order chi connectivity index (χ0) is 19.3. The molecule has 0 spiro atoms. The number of alkyl carbamates (subject to hydrolysis) is 1. The maximum atomic E-state index is 13.2. The Morgan fingerprint density at radius 1 is 1.22 bits per heavy atom. The van der Waals surface area contributed by atoms with Crippen molar-refractivity contribution in [3.05, 3.63) is 47.2 Å². The second-order valence-electron chi connectivity index (χ2n) is 7.76. The molecule has 0 radical (unpaired) electrons. The predicted octanol–water partition coefficient (Wildman–Crippen LogP) is 4.53. The Labute approximate surface area is 161 Å². The first kappa shape index (κ1) is 19.5. The summed E-state index contributed by atoms with van der Waals surface area (Å²) in [5.41, 5.74) is 2.52. The number of benzene rings is 1. The molecule has 1 heterocycles. The normalized spacial score (nSPS) is 22.4. The van der Waals surface area contributed by atoms with Gasteiger partial charge in [0.1, 0.15) is 12.1 Å². The summed E-state index contributed by atoms with van der Waals surface area (Å²) in [6.45, 7) is 4.88. The van der Waals surface area contributed by atoms with Crippen molar-refractivity contribution in [2.75, 3.05) is 6.54 Å². The number of unbranched alkanes of at least 4 members (excludes halogenated alkanes) is 1. The highest BCUT2D eigenvalue weighted by Gasteiger charge is 2.45. The monoisotopic (exact) mass is 370 g/mol. The molecular formula is C22H30N2O3. The van der Waals surface area contributed by atoms with Crippen LogP contribution in [0.2, 0.25) is 0 Å². The van der Waals surface area contributed by atoms with Crippen LogP contribution in [0.3, 0.4) is 0 Å². The van der Waals surface area contributed by atoms with Gasteiger partial charge in [0.2, 0.25) is 0 Å². The summed E-state index contributed by atoms with van der Waals surface area (Å²) in [5.74, 6) is -0.00624. The lowest BCUT2D eigenvalue weighted by Crippen LogP contribution is -2.60. The van der Waals surface area contributed by atoms with Crippen LogP contribution >= 0.6 is 0 Å². The number of hydrogen-bond acceptors (Lipinski definition) is 3. The van der Waals surface area contributed by atoms with E-state index in [1.54, 1.807) is 0 Å². The molecule has 1 unspecified atom stereocenters. The average Bonchev–Trinajstić information content (AvgIpc) is 2.67. The van der Waals surface area contributed by atoms with Crippen molar-refractivity contribution in [1.29, 1.82) is 0 Å². The third-order valence-corrected chi connectivity index (χ3v) is 5.49. The fraction of sp³-hybridized carbons (Fsp3) is 0.545. The van der Waals surface area contributed by atoms with Crippen LogP contribution in [0.5, 0.6) is 0 Å². The zero-order valence-corrected chi connectivity index (χ0v) is 16.4. The van der Waals surface area contributed by atoms with E-state index < -0.39 is 11.6 Å². The van der Waals surface area contributed by atoms with Gasteiger partial charge in [0.05, 0.1) is 0 Å². The van der Waals surface area contributed by atoms with E-state index in [2.05, 4.69) is 12.2 Å². The highest BCUT2D eigenvalue weighted by molar-refractivity contribution is 5.92. The number of ether oxygens (including phenoxy) is 1. The predicted molar refractivity (Wildman–Crippen MR) is 105 cm³/mol. The Hall–Kier alpha value is -2.30. The van der Waals surface area contributed by atoms with Gasteiger partial charge < -0.3 is 15.0 Å². The molecule has 1 aromatic carbocycles. The van der Waals surface area contributed by atoms with E-state index in [1.807, 2.05) is 42.2 Å². The Bertz CT molecular complexity index is 714. The van der Waals surface area contributed by atoms with Crippen LogP contribution in [-0.4, -0.2) is 29.0 Å². The molecular weight excluding hydrogens is 340 g/mol. The molecule has 5 nitrogen and oxygen atoms in total. The third kappa shape index (κ3) is 4.52. The molecule has 2 amide bonds. The van der Waals surface area contributed by atoms with Crippen molar-refractivity contribution in [1.82, 2.24) is 10.2 Å². The van der Waals surface area contributed by atoms with E-state index in [9.17, 15) is 9.59 Å². The van der Waals surface area contributed by atoms with Crippen molar-refractivity contribution in [3.63, 3.8) is 0 Å². The second kappa shape index (κ2) is 8.59. The van der Waals surface area contributed by atoms with Gasteiger partial charge in [0, 0.05) is 18.7 Å². The first-order valence-electron chi connectivity index (χ1n) is 10.1. The van der Waals surface area contributed by atoms with E-state index in [0.29, 0.717) is 6.42 Å². The quantitative estimate of drug-likeness (QED) is 0.800. The molecule has 27 heavy (non-hydrogen) atoms. The number of carbonyl (C=O) groups is 2. The van der Waals surface area contributed by atoms with Crippen LogP contribution in [-0.2, 0) is 16.1 Å². The van der Waals surface area contributed by atoms with Crippen LogP contribution < -0.4 is 5.32 Å². The van der Waals surface area contributed by atoms with Gasteiger partial charge in [-0.15, -0.1) is 0 Å². The summed E-state index contributed by atoms with van der Waals surface area (Å²) in [6, 6.07) is 9.56. The van der Waals surface area contributed by atoms with Gasteiger partial charge >= 0.3 is 6.09 Å². The third-order valence-electron chi connectivity index (χ3n) is 5.49. The van der Waals surface area contributed by atoms with E-state index in [1.165, 1.54) is 11.3 Å². The van der Waals surface area contributed by atoms with Gasteiger partial charge in [-0.1, -0.05) is 43.7 Å². The van der Waals surface area contributed by atoms with Gasteiger partial charge in [-0.2, -0.15) is 0 Å². The lowest BCUT2D eigenvalue weighted by Gasteiger charge is -2.43. The Balaban J connectivity index is 1.70. The number of nitrogens with one attached hydrogen (secondary N) is 1. The smallest absolute Gasteiger partial charge is 0.408 e. The first-order valence-corrected chi connectivity index (χ1v) is 10.1. The number of carbonyl (C=O) groups excluding carboxylic acids is 2. The highest BCUT2D eigenvalue weighted by Crippen LogP contribution is 2.38. The van der Waals surface area contributed by atoms with E-state index >= 15 is 0 Å². The summed E-state index contributed by atoms with van der Waals surface area (Å²) >= 11 is 0. The van der Waals surface area contributed by atoms with Crippen LogP contribution in [0.25, 0.3) is 0 Å². The SMILES string of the molecule is CCCCN1C(=O)C(C)(NC(=O)OCc2ccccc2)CC2=C1CCCC2. The second-order valence-corrected chi connectivity index (χ2v) is 7.76. The number of rotatable bonds is 6. The summed E-state index contributed by atoms with van der Waals surface area (Å²) in [6.07, 6.45) is 6.34. The van der Waals surface area contributed by atoms with E-state index in [0.717, 1.165) is 50.6 Å². The maximum Gasteiger partial charge on any atom is 0.408 e. The van der Waals surface area contributed by atoms with Crippen molar-refractivity contribution in [2.24, 2.45) is 0 Å². The molecule has 0 saturated heterocycles. The minimum absolute atomic E-state index is 0.00624. The summed E-state index contributed by atoms with van der Waals surface area (Å²) < 4.78 is 5.36. The number of nitrogens with zero attached hydrogens (tertiary/aromatic N) is 1. The summed E-state index contributed by atoms with van der Waals surface area (Å²) in [4.78, 5) is 27.6. The van der Waals surface area contributed by atoms with Gasteiger partial charge in [-0.05, 0) is 50.2 Å². The molecule has 1 aliphatic heterocycles. The van der Waals surface area contributed by atoms with Crippen molar-refractivity contribution < 1.29 is 14.3 Å². The van der Waals surface area contributed by atoms with Gasteiger partial charge in [0.25, 0.3) is 5.91 Å². The van der Waals surface area contributed by atoms with Crippen LogP contribution in [0.4, 0.5) is 4.79 Å². The molecule has 0 fully saturated rings. The number of allylic oxidation sites excluding steroid dienone is 1. The molecule has 0 bridgehead atoms. The van der Waals surface area contributed by atoms with Gasteiger partial charge in [0.15, 0.2) is 0 Å². The molecule has 3 rings (SSSR count). The fourth-order valence-corrected chi connectivity index (χ4v) is 4.03. The molecule has 0 aromatic heterocycles. The first-order chi connectivity index (χ1) is 13.0. The van der Waals surface area contributed by atoms with Gasteiger partial charge in [-0.25, -0.2) is 4.79 Å². The zero-order valence-electron chi connectivity index (χ0n) is 16.4. The Morgan fingerprint density at radius 2 is 1.96 bits per heavy atom. The molecule has 0 saturated carbocycles. The Kier molecular flexibility index (Phi) is 6.19. The lowest BCUT2D eigenvalue weighted by atomic mass is 9.80. The molecule has 146 valence electrons. The number of amides is 2. The van der Waals surface area contributed by atoms with Crippen molar-refractivity contribution >= 4 is 12.0 Å². The van der Waals surface area contributed by atoms with Crippen LogP contribution in [0.15, 0.2) is 41.6 Å². The molecule has 1 atom stereocenters. The summed E-state index contributed by atoms with van der Waals surface area (Å²) in [5, 5.41) is 2.87. The topological polar surface area (TPSA) is 58.6 Å². The van der Waals surface area contributed by atoms with Crippen molar-refractivity contribution in [3.8, 4) is 0 Å². The molecule has 1 aliphatic carbocycles. The minimum atomic E-state index is -0.933. The van der Waals surface area contributed by atoms with Gasteiger partial charge in [-0.3, -0.25) is 4.79 Å². The number of hydrogen-bond donors (Lipinski definition) is 1. The fourth-order valence-electron chi connectivity index (χ4n) is 4.03. The molecule has 1 N–H and O–H groups in total. The van der Waals surface area contributed by atoms with Crippen molar-refractivity contribution in [2.45, 2.75) is 70.9 Å². The standard InChI is InChI=1S/C22H30N2O3/c1-3-4-14-24-19-13-9-8-12-18(19)15-22(2,20(24)25)23-21(26)27-16-17-10-6-5-7-11-17/h5-7,10-11H,3-4,8-9,12-16H2,1-2H3,(H,23,26). The summed E-state index contributed by atoms with van der Waals surface area (Å²) in [7, 11) is 0.